The zero-order chi connectivity index (χ0) is 31.0. The van der Waals surface area contributed by atoms with Gasteiger partial charge in [-0.25, -0.2) is 0 Å². The zero-order valence-corrected chi connectivity index (χ0v) is 23.5. The van der Waals surface area contributed by atoms with Gasteiger partial charge in [0.05, 0.1) is 18.3 Å². The molecule has 1 aliphatic heterocycles. The first-order valence-electron chi connectivity index (χ1n) is 13.9. The summed E-state index contributed by atoms with van der Waals surface area (Å²) in [6.07, 6.45) is -5.71. The van der Waals surface area contributed by atoms with Crippen molar-refractivity contribution in [3.63, 3.8) is 0 Å². The molecule has 1 saturated heterocycles. The Kier molecular flexibility index (Phi) is 8.63. The van der Waals surface area contributed by atoms with Gasteiger partial charge in [-0.1, -0.05) is 30.3 Å². The molecule has 0 aromatic heterocycles. The standard InChI is InChI=1S/C32H32O11/c1-15-26(35)30(39)31(40)32(41-15)43-23-13-22-25(28(37)20(23)10-6-9-17-7-4-3-5-8-17)29(38)24-18(14-33)11-19(42-16(2)34)12-21(24)27(22)36/h3-5,7-8,11-13,15,26,30-33,35,37,39-40H,6,9-10,14H2,1-2H3/t15-,26+,30+,31+,32+/m0/s1. The average Bonchev–Trinajstić information content (AvgIpc) is 2.98. The van der Waals surface area contributed by atoms with Crippen molar-refractivity contribution in [2.75, 3.05) is 0 Å². The Morgan fingerprint density at radius 1 is 0.907 bits per heavy atom. The molecule has 0 spiro atoms. The van der Waals surface area contributed by atoms with E-state index in [-0.39, 0.29) is 51.3 Å². The monoisotopic (exact) mass is 592 g/mol. The lowest BCUT2D eigenvalue weighted by molar-refractivity contribution is -0.268. The number of aryl methyl sites for hydroxylation is 1. The van der Waals surface area contributed by atoms with E-state index >= 15 is 0 Å². The number of phenolic OH excluding ortho intramolecular Hbond substituents is 1. The Bertz CT molecular complexity index is 1570. The van der Waals surface area contributed by atoms with Gasteiger partial charge >= 0.3 is 5.97 Å². The summed E-state index contributed by atoms with van der Waals surface area (Å²) in [4.78, 5) is 39.2. The van der Waals surface area contributed by atoms with Gasteiger partial charge in [0, 0.05) is 29.2 Å². The topological polar surface area (TPSA) is 180 Å². The molecule has 11 nitrogen and oxygen atoms in total. The molecular weight excluding hydrogens is 560 g/mol. The van der Waals surface area contributed by atoms with Crippen LogP contribution >= 0.6 is 0 Å². The van der Waals surface area contributed by atoms with Crippen LogP contribution in [0.2, 0.25) is 0 Å². The van der Waals surface area contributed by atoms with Crippen LogP contribution in [0, 0.1) is 0 Å². The van der Waals surface area contributed by atoms with Crippen molar-refractivity contribution in [1.82, 2.24) is 0 Å². The fourth-order valence-electron chi connectivity index (χ4n) is 5.53. The molecule has 0 saturated carbocycles. The normalized spacial score (nSPS) is 23.0. The van der Waals surface area contributed by atoms with Crippen LogP contribution in [0.15, 0.2) is 48.5 Å². The molecule has 226 valence electrons. The quantitative estimate of drug-likeness (QED) is 0.149. The maximum Gasteiger partial charge on any atom is 0.308 e. The molecular formula is C32H32O11. The van der Waals surface area contributed by atoms with Gasteiger partial charge in [-0.2, -0.15) is 0 Å². The molecule has 0 amide bonds. The van der Waals surface area contributed by atoms with Crippen molar-refractivity contribution in [3.8, 4) is 17.2 Å². The van der Waals surface area contributed by atoms with E-state index in [1.54, 1.807) is 0 Å². The number of benzene rings is 3. The van der Waals surface area contributed by atoms with Crippen molar-refractivity contribution >= 4 is 17.5 Å². The minimum absolute atomic E-state index is 0.0432. The highest BCUT2D eigenvalue weighted by atomic mass is 16.7. The second kappa shape index (κ2) is 12.2. The van der Waals surface area contributed by atoms with Gasteiger partial charge in [0.15, 0.2) is 11.6 Å². The Labute approximate surface area is 246 Å². The van der Waals surface area contributed by atoms with Crippen molar-refractivity contribution < 1.29 is 54.1 Å². The minimum Gasteiger partial charge on any atom is -0.507 e. The predicted octanol–water partition coefficient (Wildman–Crippen LogP) is 1.97. The highest BCUT2D eigenvalue weighted by Gasteiger charge is 2.44. The third-order valence-electron chi connectivity index (χ3n) is 7.72. The van der Waals surface area contributed by atoms with E-state index in [9.17, 15) is 39.9 Å². The average molecular weight is 593 g/mol. The molecule has 5 N–H and O–H groups in total. The van der Waals surface area contributed by atoms with Crippen LogP contribution in [0.5, 0.6) is 17.2 Å². The fraction of sp³-hybridized carbons (Fsp3) is 0.344. The number of ketones is 2. The smallest absolute Gasteiger partial charge is 0.308 e. The maximum atomic E-state index is 13.8. The van der Waals surface area contributed by atoms with E-state index in [4.69, 9.17) is 14.2 Å². The number of phenols is 1. The summed E-state index contributed by atoms with van der Waals surface area (Å²) in [6.45, 7) is 2.01. The highest BCUT2D eigenvalue weighted by molar-refractivity contribution is 6.30. The number of aliphatic hydroxyl groups is 4. The molecule has 2 aliphatic rings. The molecule has 3 aromatic carbocycles. The molecule has 11 heteroatoms. The first kappa shape index (κ1) is 30.3. The van der Waals surface area contributed by atoms with Gasteiger partial charge in [-0.3, -0.25) is 14.4 Å². The molecule has 1 fully saturated rings. The van der Waals surface area contributed by atoms with Gasteiger partial charge in [0.1, 0.15) is 35.6 Å². The first-order chi connectivity index (χ1) is 20.5. The number of carbonyl (C=O) groups is 3. The second-order valence-corrected chi connectivity index (χ2v) is 10.7. The van der Waals surface area contributed by atoms with Gasteiger partial charge in [-0.05, 0) is 55.5 Å². The summed E-state index contributed by atoms with van der Waals surface area (Å²) in [6, 6.07) is 13.4. The number of esters is 1. The second-order valence-electron chi connectivity index (χ2n) is 10.7. The summed E-state index contributed by atoms with van der Waals surface area (Å²) in [5, 5.41) is 52.5. The third kappa shape index (κ3) is 5.77. The van der Waals surface area contributed by atoms with E-state index in [1.165, 1.54) is 32.0 Å². The van der Waals surface area contributed by atoms with Crippen LogP contribution in [-0.4, -0.2) is 73.8 Å². The summed E-state index contributed by atoms with van der Waals surface area (Å²) in [7, 11) is 0. The number of hydrogen-bond donors (Lipinski definition) is 5. The van der Waals surface area contributed by atoms with Crippen LogP contribution < -0.4 is 9.47 Å². The molecule has 0 bridgehead atoms. The summed E-state index contributed by atoms with van der Waals surface area (Å²) in [5.41, 5.74) is 0.517. The summed E-state index contributed by atoms with van der Waals surface area (Å²) in [5.74, 6) is -2.68. The maximum absolute atomic E-state index is 13.8. The molecule has 43 heavy (non-hydrogen) atoms. The number of ether oxygens (including phenoxy) is 3. The minimum atomic E-state index is -1.67. The number of hydrogen-bond acceptors (Lipinski definition) is 11. The lowest BCUT2D eigenvalue weighted by Gasteiger charge is -2.39. The van der Waals surface area contributed by atoms with Gasteiger partial charge in [-0.15, -0.1) is 0 Å². The van der Waals surface area contributed by atoms with Gasteiger partial charge in [0.2, 0.25) is 6.29 Å². The first-order valence-corrected chi connectivity index (χ1v) is 13.9. The summed E-state index contributed by atoms with van der Waals surface area (Å²) >= 11 is 0. The number of fused-ring (bicyclic) bond motifs is 2. The fourth-order valence-corrected chi connectivity index (χ4v) is 5.53. The molecule has 0 unspecified atom stereocenters. The lowest BCUT2D eigenvalue weighted by Crippen LogP contribution is -2.58. The number of carbonyl (C=O) groups excluding carboxylic acids is 3. The van der Waals surface area contributed by atoms with Crippen LogP contribution in [0.4, 0.5) is 0 Å². The Hall–Kier alpha value is -4.13. The molecule has 1 aliphatic carbocycles. The van der Waals surface area contributed by atoms with E-state index in [0.717, 1.165) is 5.56 Å². The third-order valence-corrected chi connectivity index (χ3v) is 7.72. The van der Waals surface area contributed by atoms with E-state index < -0.39 is 60.6 Å². The molecule has 5 atom stereocenters. The Balaban J connectivity index is 1.59. The van der Waals surface area contributed by atoms with E-state index in [1.807, 2.05) is 30.3 Å². The van der Waals surface area contributed by atoms with Crippen molar-refractivity contribution in [3.05, 3.63) is 87.5 Å². The van der Waals surface area contributed by atoms with Crippen molar-refractivity contribution in [1.29, 1.82) is 0 Å². The number of aliphatic hydroxyl groups excluding tert-OH is 4. The van der Waals surface area contributed by atoms with Crippen LogP contribution in [-0.2, 0) is 29.0 Å². The lowest BCUT2D eigenvalue weighted by atomic mass is 9.80. The van der Waals surface area contributed by atoms with Crippen molar-refractivity contribution in [2.24, 2.45) is 0 Å². The molecule has 1 heterocycles. The molecule has 0 radical (unpaired) electrons. The van der Waals surface area contributed by atoms with Crippen LogP contribution in [0.25, 0.3) is 0 Å². The Morgan fingerprint density at radius 2 is 1.60 bits per heavy atom. The predicted molar refractivity (Wildman–Crippen MR) is 150 cm³/mol. The van der Waals surface area contributed by atoms with Crippen LogP contribution in [0.3, 0.4) is 0 Å². The zero-order valence-electron chi connectivity index (χ0n) is 23.5. The van der Waals surface area contributed by atoms with Crippen molar-refractivity contribution in [2.45, 2.75) is 70.4 Å². The van der Waals surface area contributed by atoms with Crippen LogP contribution in [0.1, 0.15) is 68.8 Å². The van der Waals surface area contributed by atoms with Gasteiger partial charge in [0.25, 0.3) is 0 Å². The number of aromatic hydroxyl groups is 1. The van der Waals surface area contributed by atoms with Gasteiger partial charge < -0.3 is 39.7 Å². The summed E-state index contributed by atoms with van der Waals surface area (Å²) < 4.78 is 16.7. The highest BCUT2D eigenvalue weighted by Crippen LogP contribution is 2.43. The van der Waals surface area contributed by atoms with E-state index in [2.05, 4.69) is 0 Å². The number of rotatable bonds is 8. The largest absolute Gasteiger partial charge is 0.507 e. The Morgan fingerprint density at radius 3 is 2.28 bits per heavy atom. The molecule has 5 rings (SSSR count). The SMILES string of the molecule is CC(=O)Oc1cc(CO)c2c(c1)C(=O)c1cc(O[C@H]3O[C@@H](C)[C@@H](O)[C@@H](O)[C@H]3O)c(CCCc3ccccc3)c(O)c1C2=O. The molecule has 3 aromatic rings. The van der Waals surface area contributed by atoms with E-state index in [0.29, 0.717) is 12.8 Å².